The fourth-order valence-corrected chi connectivity index (χ4v) is 0.922. The van der Waals surface area contributed by atoms with Gasteiger partial charge in [0.15, 0.2) is 0 Å². The van der Waals surface area contributed by atoms with Crippen molar-refractivity contribution in [3.05, 3.63) is 0 Å². The van der Waals surface area contributed by atoms with Crippen LogP contribution in [0.3, 0.4) is 0 Å². The third-order valence-corrected chi connectivity index (χ3v) is 2.60. The molecule has 3 heteroatoms. The van der Waals surface area contributed by atoms with Crippen LogP contribution >= 0.6 is 0 Å². The number of carbonyl (C=O) groups is 1. The van der Waals surface area contributed by atoms with Crippen molar-refractivity contribution < 1.29 is 9.90 Å². The summed E-state index contributed by atoms with van der Waals surface area (Å²) in [5, 5.41) is 9.52. The Morgan fingerprint density at radius 1 is 1.31 bits per heavy atom. The Balaban J connectivity index is 4.62. The van der Waals surface area contributed by atoms with Gasteiger partial charge in [-0.1, -0.05) is 6.92 Å². The molecule has 1 amide bonds. The molecule has 0 unspecified atom stereocenters. The second-order valence-electron chi connectivity index (χ2n) is 4.59. The van der Waals surface area contributed by atoms with Gasteiger partial charge in [-0.2, -0.15) is 0 Å². The van der Waals surface area contributed by atoms with E-state index >= 15 is 0 Å². The molecule has 0 rings (SSSR count). The minimum absolute atomic E-state index is 0.197. The first kappa shape index (κ1) is 12.4. The third-order valence-electron chi connectivity index (χ3n) is 2.60. The number of nitrogens with zero attached hydrogens (tertiary/aromatic N) is 1. The second-order valence-corrected chi connectivity index (χ2v) is 4.59. The van der Waals surface area contributed by atoms with Crippen LogP contribution in [0.2, 0.25) is 0 Å². The van der Waals surface area contributed by atoms with E-state index in [0.717, 1.165) is 6.42 Å². The number of carbonyl (C=O) groups excluding carboxylic acids is 1. The van der Waals surface area contributed by atoms with Crippen molar-refractivity contribution in [2.75, 3.05) is 7.05 Å². The number of likely N-dealkylation sites (N-methyl/N-ethyl adjacent to an activating group) is 1. The summed E-state index contributed by atoms with van der Waals surface area (Å²) in [7, 11) is 1.73. The van der Waals surface area contributed by atoms with Gasteiger partial charge in [-0.25, -0.2) is 0 Å². The Hall–Kier alpha value is -0.570. The summed E-state index contributed by atoms with van der Waals surface area (Å²) in [4.78, 5) is 13.3. The minimum atomic E-state index is -1.28. The summed E-state index contributed by atoms with van der Waals surface area (Å²) in [5.41, 5.74) is -1.47. The Labute approximate surface area is 80.7 Å². The zero-order valence-corrected chi connectivity index (χ0v) is 9.51. The Morgan fingerprint density at radius 3 is 1.92 bits per heavy atom. The van der Waals surface area contributed by atoms with E-state index in [1.54, 1.807) is 11.9 Å². The van der Waals surface area contributed by atoms with Crippen molar-refractivity contribution in [2.45, 2.75) is 52.2 Å². The number of hydrogen-bond acceptors (Lipinski definition) is 2. The van der Waals surface area contributed by atoms with Gasteiger partial charge in [0, 0.05) is 12.6 Å². The molecular formula is C10H21NO2. The summed E-state index contributed by atoms with van der Waals surface area (Å²) < 4.78 is 0. The molecule has 0 radical (unpaired) electrons. The Bertz CT molecular complexity index is 192. The van der Waals surface area contributed by atoms with Gasteiger partial charge in [0.2, 0.25) is 0 Å². The molecule has 0 aliphatic rings. The van der Waals surface area contributed by atoms with E-state index < -0.39 is 5.60 Å². The van der Waals surface area contributed by atoms with Crippen LogP contribution in [0.4, 0.5) is 0 Å². The number of rotatable bonds is 3. The van der Waals surface area contributed by atoms with Crippen molar-refractivity contribution in [3.63, 3.8) is 0 Å². The molecule has 0 atom stereocenters. The van der Waals surface area contributed by atoms with Crippen molar-refractivity contribution in [1.82, 2.24) is 4.90 Å². The molecule has 0 heterocycles. The molecule has 78 valence electrons. The number of hydrogen-bond donors (Lipinski definition) is 1. The molecule has 0 bridgehead atoms. The Morgan fingerprint density at radius 2 is 1.69 bits per heavy atom. The molecule has 0 fully saturated rings. The molecule has 0 aliphatic carbocycles. The third kappa shape index (κ3) is 2.99. The van der Waals surface area contributed by atoms with Crippen molar-refractivity contribution in [2.24, 2.45) is 0 Å². The smallest absolute Gasteiger partial charge is 0.254 e. The average Bonchev–Trinajstić information content (AvgIpc) is 2.00. The molecule has 13 heavy (non-hydrogen) atoms. The van der Waals surface area contributed by atoms with Crippen LogP contribution in [0.1, 0.15) is 41.0 Å². The van der Waals surface area contributed by atoms with Gasteiger partial charge < -0.3 is 10.0 Å². The fraction of sp³-hybridized carbons (Fsp3) is 0.900. The molecule has 0 aromatic carbocycles. The van der Waals surface area contributed by atoms with Gasteiger partial charge in [-0.05, 0) is 34.1 Å². The van der Waals surface area contributed by atoms with Crippen LogP contribution in [0, 0.1) is 0 Å². The Kier molecular flexibility index (Phi) is 3.50. The van der Waals surface area contributed by atoms with E-state index in [1.165, 1.54) is 13.8 Å². The zero-order valence-electron chi connectivity index (χ0n) is 9.51. The average molecular weight is 187 g/mol. The normalized spacial score (nSPS) is 12.8. The largest absolute Gasteiger partial charge is 0.381 e. The van der Waals surface area contributed by atoms with E-state index in [-0.39, 0.29) is 11.4 Å². The molecule has 0 aromatic heterocycles. The predicted molar refractivity (Wildman–Crippen MR) is 53.4 cm³/mol. The highest BCUT2D eigenvalue weighted by atomic mass is 16.3. The molecule has 3 nitrogen and oxygen atoms in total. The van der Waals surface area contributed by atoms with Gasteiger partial charge in [0.25, 0.3) is 5.91 Å². The highest BCUT2D eigenvalue weighted by Crippen LogP contribution is 2.20. The highest BCUT2D eigenvalue weighted by molar-refractivity contribution is 5.84. The van der Waals surface area contributed by atoms with Crippen molar-refractivity contribution in [3.8, 4) is 0 Å². The van der Waals surface area contributed by atoms with Crippen LogP contribution < -0.4 is 0 Å². The molecule has 0 saturated heterocycles. The van der Waals surface area contributed by atoms with Crippen LogP contribution in [-0.2, 0) is 4.79 Å². The first-order valence-corrected chi connectivity index (χ1v) is 4.63. The van der Waals surface area contributed by atoms with Crippen LogP contribution in [0.5, 0.6) is 0 Å². The highest BCUT2D eigenvalue weighted by Gasteiger charge is 2.34. The predicted octanol–water partition coefficient (Wildman–Crippen LogP) is 1.40. The maximum Gasteiger partial charge on any atom is 0.254 e. The lowest BCUT2D eigenvalue weighted by atomic mass is 9.97. The van der Waals surface area contributed by atoms with Gasteiger partial charge in [0.1, 0.15) is 5.60 Å². The quantitative estimate of drug-likeness (QED) is 0.725. The summed E-state index contributed by atoms with van der Waals surface area (Å²) in [5.74, 6) is -0.237. The number of amides is 1. The van der Waals surface area contributed by atoms with Gasteiger partial charge in [0.05, 0.1) is 0 Å². The monoisotopic (exact) mass is 187 g/mol. The minimum Gasteiger partial charge on any atom is -0.381 e. The van der Waals surface area contributed by atoms with Crippen molar-refractivity contribution in [1.29, 1.82) is 0 Å². The SMILES string of the molecule is CCC(C)(C)N(C)C(=O)C(C)(C)O. The summed E-state index contributed by atoms with van der Waals surface area (Å²) in [6, 6.07) is 0. The topological polar surface area (TPSA) is 40.5 Å². The van der Waals surface area contributed by atoms with Crippen LogP contribution in [-0.4, -0.2) is 34.1 Å². The van der Waals surface area contributed by atoms with Crippen LogP contribution in [0.15, 0.2) is 0 Å². The lowest BCUT2D eigenvalue weighted by Gasteiger charge is -2.38. The standard InChI is InChI=1S/C10H21NO2/c1-7-9(2,3)11(6)8(12)10(4,5)13/h13H,7H2,1-6H3. The summed E-state index contributed by atoms with van der Waals surface area (Å²) >= 11 is 0. The lowest BCUT2D eigenvalue weighted by Crippen LogP contribution is -2.52. The zero-order chi connectivity index (χ0) is 10.9. The van der Waals surface area contributed by atoms with Crippen LogP contribution in [0.25, 0.3) is 0 Å². The summed E-state index contributed by atoms with van der Waals surface area (Å²) in [6.45, 7) is 9.01. The second kappa shape index (κ2) is 3.66. The molecule has 0 aromatic rings. The van der Waals surface area contributed by atoms with E-state index in [0.29, 0.717) is 0 Å². The van der Waals surface area contributed by atoms with E-state index in [1.807, 2.05) is 20.8 Å². The molecular weight excluding hydrogens is 166 g/mol. The van der Waals surface area contributed by atoms with Gasteiger partial charge in [-0.3, -0.25) is 4.79 Å². The first-order chi connectivity index (χ1) is 5.63. The summed E-state index contributed by atoms with van der Waals surface area (Å²) in [6.07, 6.45) is 0.866. The molecule has 0 saturated carbocycles. The first-order valence-electron chi connectivity index (χ1n) is 4.63. The number of aliphatic hydroxyl groups is 1. The van der Waals surface area contributed by atoms with Gasteiger partial charge in [-0.15, -0.1) is 0 Å². The van der Waals surface area contributed by atoms with E-state index in [9.17, 15) is 9.90 Å². The maximum absolute atomic E-state index is 11.6. The fourth-order valence-electron chi connectivity index (χ4n) is 0.922. The lowest BCUT2D eigenvalue weighted by molar-refractivity contribution is -0.151. The van der Waals surface area contributed by atoms with E-state index in [2.05, 4.69) is 0 Å². The van der Waals surface area contributed by atoms with E-state index in [4.69, 9.17) is 0 Å². The molecule has 0 spiro atoms. The molecule has 0 aliphatic heterocycles. The maximum atomic E-state index is 11.6. The van der Waals surface area contributed by atoms with Crippen molar-refractivity contribution >= 4 is 5.91 Å². The van der Waals surface area contributed by atoms with Gasteiger partial charge >= 0.3 is 0 Å². The molecule has 1 N–H and O–H groups in total.